The minimum atomic E-state index is -0.467. The molecule has 5 aromatic rings. The number of carbonyl (C=O) groups is 1. The lowest BCUT2D eigenvalue weighted by Gasteiger charge is -2.03. The zero-order valence-electron chi connectivity index (χ0n) is 15.7. The van der Waals surface area contributed by atoms with Crippen LogP contribution in [0.25, 0.3) is 34.0 Å². The van der Waals surface area contributed by atoms with Gasteiger partial charge in [0.05, 0.1) is 19.2 Å². The molecule has 0 spiro atoms. The van der Waals surface area contributed by atoms with Crippen LogP contribution in [0.15, 0.2) is 54.6 Å². The van der Waals surface area contributed by atoms with E-state index in [1.807, 2.05) is 30.3 Å². The first kappa shape index (κ1) is 17.9. The summed E-state index contributed by atoms with van der Waals surface area (Å²) in [5, 5.41) is 17.5. The Bertz CT molecular complexity index is 1380. The fraction of sp³-hybridized carbons (Fsp3) is 0.100. The number of fused-ring (bicyclic) bond motifs is 3. The van der Waals surface area contributed by atoms with Crippen molar-refractivity contribution >= 4 is 22.9 Å². The van der Waals surface area contributed by atoms with Crippen LogP contribution in [0.3, 0.4) is 0 Å². The van der Waals surface area contributed by atoms with Crippen LogP contribution in [-0.2, 0) is 16.0 Å². The first-order chi connectivity index (χ1) is 14.6. The van der Waals surface area contributed by atoms with E-state index in [9.17, 15) is 9.18 Å². The third kappa shape index (κ3) is 2.94. The largest absolute Gasteiger partial charge is 0.469 e. The highest BCUT2D eigenvalue weighted by Gasteiger charge is 2.22. The lowest BCUT2D eigenvalue weighted by Crippen LogP contribution is -2.06. The van der Waals surface area contributed by atoms with Gasteiger partial charge < -0.3 is 4.74 Å². The predicted octanol–water partition coefficient (Wildman–Crippen LogP) is 2.38. The molecule has 2 aromatic carbocycles. The third-order valence-corrected chi connectivity index (χ3v) is 4.58. The van der Waals surface area contributed by atoms with E-state index >= 15 is 0 Å². The van der Waals surface area contributed by atoms with Gasteiger partial charge in [-0.15, -0.1) is 15.3 Å². The normalized spacial score (nSPS) is 11.3. The lowest BCUT2D eigenvalue weighted by atomic mass is 10.2. The topological polar surface area (TPSA) is 100 Å². The van der Waals surface area contributed by atoms with E-state index in [0.29, 0.717) is 28.4 Å². The van der Waals surface area contributed by atoms with Crippen molar-refractivity contribution in [2.24, 2.45) is 0 Å². The van der Waals surface area contributed by atoms with E-state index in [0.717, 1.165) is 5.56 Å². The molecule has 0 unspecified atom stereocenters. The summed E-state index contributed by atoms with van der Waals surface area (Å²) in [6, 6.07) is 15.3. The summed E-state index contributed by atoms with van der Waals surface area (Å²) < 4.78 is 21.3. The highest BCUT2D eigenvalue weighted by atomic mass is 19.1. The molecule has 0 N–H and O–H groups in total. The molecule has 3 heterocycles. The maximum atomic E-state index is 13.4. The average molecular weight is 403 g/mol. The minimum absolute atomic E-state index is 0.0956. The second kappa shape index (κ2) is 6.99. The first-order valence-electron chi connectivity index (χ1n) is 9.03. The molecule has 0 aliphatic heterocycles. The van der Waals surface area contributed by atoms with Gasteiger partial charge in [0.15, 0.2) is 17.0 Å². The molecule has 0 bridgehead atoms. The summed E-state index contributed by atoms with van der Waals surface area (Å²) in [4.78, 5) is 16.3. The zero-order valence-corrected chi connectivity index (χ0v) is 15.7. The van der Waals surface area contributed by atoms with Crippen LogP contribution in [0.2, 0.25) is 0 Å². The van der Waals surface area contributed by atoms with Crippen molar-refractivity contribution in [3.63, 3.8) is 0 Å². The monoisotopic (exact) mass is 403 g/mol. The van der Waals surface area contributed by atoms with E-state index in [1.54, 1.807) is 12.1 Å². The van der Waals surface area contributed by atoms with Crippen molar-refractivity contribution in [1.29, 1.82) is 0 Å². The molecule has 10 heteroatoms. The first-order valence-corrected chi connectivity index (χ1v) is 9.03. The predicted molar refractivity (Wildman–Crippen MR) is 104 cm³/mol. The van der Waals surface area contributed by atoms with Gasteiger partial charge in [0.25, 0.3) is 5.78 Å². The number of nitrogens with zero attached hydrogens (tertiary/aromatic N) is 7. The van der Waals surface area contributed by atoms with E-state index in [1.165, 1.54) is 28.4 Å². The van der Waals surface area contributed by atoms with Crippen molar-refractivity contribution in [2.75, 3.05) is 7.11 Å². The molecular weight excluding hydrogens is 389 g/mol. The fourth-order valence-corrected chi connectivity index (χ4v) is 3.14. The minimum Gasteiger partial charge on any atom is -0.469 e. The van der Waals surface area contributed by atoms with Crippen LogP contribution in [0, 0.1) is 5.82 Å². The smallest absolute Gasteiger partial charge is 0.311 e. The average Bonchev–Trinajstić information content (AvgIpc) is 3.36. The highest BCUT2D eigenvalue weighted by Crippen LogP contribution is 2.23. The lowest BCUT2D eigenvalue weighted by molar-refractivity contribution is -0.139. The fourth-order valence-electron chi connectivity index (χ4n) is 3.14. The van der Waals surface area contributed by atoms with E-state index < -0.39 is 5.97 Å². The van der Waals surface area contributed by atoms with E-state index in [-0.39, 0.29) is 18.0 Å². The highest BCUT2D eigenvalue weighted by molar-refractivity contribution is 5.82. The second-order valence-corrected chi connectivity index (χ2v) is 6.47. The molecule has 0 amide bonds. The van der Waals surface area contributed by atoms with Crippen LogP contribution >= 0.6 is 0 Å². The van der Waals surface area contributed by atoms with Gasteiger partial charge in [-0.05, 0) is 24.3 Å². The molecule has 148 valence electrons. The number of hydrogen-bond acceptors (Lipinski definition) is 7. The van der Waals surface area contributed by atoms with Crippen molar-refractivity contribution in [3.8, 4) is 17.1 Å². The molecule has 0 saturated carbocycles. The number of ether oxygens (including phenoxy) is 1. The Morgan fingerprint density at radius 1 is 1.03 bits per heavy atom. The number of carbonyl (C=O) groups excluding carboxylic acids is 1. The van der Waals surface area contributed by atoms with Crippen LogP contribution < -0.4 is 0 Å². The Balaban J connectivity index is 1.78. The molecule has 0 saturated heterocycles. The number of methoxy groups -OCH3 is 1. The summed E-state index contributed by atoms with van der Waals surface area (Å²) >= 11 is 0. The van der Waals surface area contributed by atoms with Crippen LogP contribution in [0.4, 0.5) is 4.39 Å². The Hall–Kier alpha value is -4.21. The van der Waals surface area contributed by atoms with Gasteiger partial charge in [-0.25, -0.2) is 9.07 Å². The van der Waals surface area contributed by atoms with Gasteiger partial charge >= 0.3 is 5.97 Å². The molecule has 30 heavy (non-hydrogen) atoms. The summed E-state index contributed by atoms with van der Waals surface area (Å²) in [5.74, 6) is -0.0961. The zero-order chi connectivity index (χ0) is 20.7. The summed E-state index contributed by atoms with van der Waals surface area (Å²) in [6.07, 6.45) is -0.0956. The standard InChI is InChI=1S/C20H14FN7O2/c1-30-16(29)11-15-17-19(27(25-15)14-9-7-13(21)8-10-14)28-20(24-23-17)22-18(26-28)12-5-3-2-4-6-12/h2-10H,11H2,1H3. The Kier molecular flexibility index (Phi) is 4.16. The summed E-state index contributed by atoms with van der Waals surface area (Å²) in [5.41, 5.74) is 2.59. The molecule has 0 radical (unpaired) electrons. The molecule has 0 aliphatic carbocycles. The van der Waals surface area contributed by atoms with Crippen LogP contribution in [0.5, 0.6) is 0 Å². The van der Waals surface area contributed by atoms with Crippen molar-refractivity contribution in [1.82, 2.24) is 34.6 Å². The van der Waals surface area contributed by atoms with Crippen molar-refractivity contribution in [2.45, 2.75) is 6.42 Å². The van der Waals surface area contributed by atoms with Gasteiger partial charge in [-0.1, -0.05) is 30.3 Å². The molecule has 0 fully saturated rings. The molecule has 0 atom stereocenters. The third-order valence-electron chi connectivity index (χ3n) is 4.58. The summed E-state index contributed by atoms with van der Waals surface area (Å²) in [7, 11) is 1.30. The number of halogens is 1. The Morgan fingerprint density at radius 3 is 2.53 bits per heavy atom. The maximum Gasteiger partial charge on any atom is 0.311 e. The van der Waals surface area contributed by atoms with Crippen LogP contribution in [-0.4, -0.2) is 47.7 Å². The van der Waals surface area contributed by atoms with Gasteiger partial charge in [0.1, 0.15) is 11.5 Å². The molecule has 3 aromatic heterocycles. The van der Waals surface area contributed by atoms with Crippen LogP contribution in [0.1, 0.15) is 5.69 Å². The Labute approximate surface area is 168 Å². The van der Waals surface area contributed by atoms with Gasteiger partial charge in [0.2, 0.25) is 0 Å². The molecular formula is C20H14FN7O2. The number of benzene rings is 2. The van der Waals surface area contributed by atoms with Crippen molar-refractivity contribution in [3.05, 3.63) is 66.1 Å². The Morgan fingerprint density at radius 2 is 1.80 bits per heavy atom. The maximum absolute atomic E-state index is 13.4. The van der Waals surface area contributed by atoms with E-state index in [4.69, 9.17) is 4.74 Å². The van der Waals surface area contributed by atoms with Gasteiger partial charge in [-0.2, -0.15) is 14.6 Å². The number of esters is 1. The second-order valence-electron chi connectivity index (χ2n) is 6.47. The number of hydrogen-bond donors (Lipinski definition) is 0. The number of aromatic nitrogens is 7. The quantitative estimate of drug-likeness (QED) is 0.425. The van der Waals surface area contributed by atoms with Crippen molar-refractivity contribution < 1.29 is 13.9 Å². The molecule has 9 nitrogen and oxygen atoms in total. The van der Waals surface area contributed by atoms with E-state index in [2.05, 4.69) is 25.4 Å². The summed E-state index contributed by atoms with van der Waals surface area (Å²) in [6.45, 7) is 0. The molecule has 5 rings (SSSR count). The number of rotatable bonds is 4. The van der Waals surface area contributed by atoms with Gasteiger partial charge in [0, 0.05) is 5.56 Å². The SMILES string of the molecule is COC(=O)Cc1nn(-c2ccc(F)cc2)c2c1nnc1nc(-c3ccccc3)nn12. The van der Waals surface area contributed by atoms with Gasteiger partial charge in [-0.3, -0.25) is 4.79 Å². The molecule has 0 aliphatic rings.